The van der Waals surface area contributed by atoms with Gasteiger partial charge in [-0.25, -0.2) is 9.97 Å². The topological polar surface area (TPSA) is 84.7 Å². The molecule has 2 aromatic rings. The molecule has 0 aliphatic rings. The number of nitrogens with two attached hydrogens (primary N) is 1. The van der Waals surface area contributed by atoms with Gasteiger partial charge in [0.2, 0.25) is 0 Å². The first-order chi connectivity index (χ1) is 6.75. The van der Waals surface area contributed by atoms with E-state index in [0.717, 1.165) is 0 Å². The van der Waals surface area contributed by atoms with E-state index in [1.54, 1.807) is 12.3 Å². The predicted octanol–water partition coefficient (Wildman–Crippen LogP) is -0.205. The third kappa shape index (κ3) is 1.54. The van der Waals surface area contributed by atoms with Gasteiger partial charge in [-0.2, -0.15) is 0 Å². The number of rotatable bonds is 0. The Kier molecular flexibility index (Phi) is 1.88. The minimum atomic E-state index is -0.680. The van der Waals surface area contributed by atoms with E-state index in [1.165, 1.54) is 6.20 Å². The van der Waals surface area contributed by atoms with Gasteiger partial charge in [0.1, 0.15) is 11.2 Å². The van der Waals surface area contributed by atoms with Gasteiger partial charge in [0.25, 0.3) is 5.91 Å². The van der Waals surface area contributed by atoms with E-state index in [1.807, 2.05) is 0 Å². The number of hydrogen-bond acceptors (Lipinski definition) is 3. The van der Waals surface area contributed by atoms with Gasteiger partial charge in [-0.15, -0.1) is 0 Å². The largest absolute Gasteiger partial charge is 0.359 e. The molecule has 3 N–H and O–H groups in total. The number of carbonyl (C=O) groups is 1. The van der Waals surface area contributed by atoms with Crippen LogP contribution in [0.2, 0.25) is 0 Å². The quantitative estimate of drug-likeness (QED) is 0.558. The summed E-state index contributed by atoms with van der Waals surface area (Å²) in [6.07, 6.45) is 3.21. The van der Waals surface area contributed by atoms with Crippen molar-refractivity contribution in [1.82, 2.24) is 15.0 Å². The van der Waals surface area contributed by atoms with E-state index < -0.39 is 5.91 Å². The average molecular weight is 186 g/mol. The molecule has 0 atom stereocenters. The molecule has 0 bridgehead atoms. The van der Waals surface area contributed by atoms with Crippen molar-refractivity contribution in [2.75, 3.05) is 0 Å². The summed E-state index contributed by atoms with van der Waals surface area (Å²) in [4.78, 5) is 21.5. The Bertz CT molecular complexity index is 546. The fraction of sp³-hybridized carbons (Fsp3) is 0. The fourth-order valence-electron chi connectivity index (χ4n) is 1.02. The van der Waals surface area contributed by atoms with Crippen LogP contribution >= 0.6 is 0 Å². The van der Waals surface area contributed by atoms with E-state index in [-0.39, 0.29) is 0 Å². The molecular weight excluding hydrogens is 180 g/mol. The van der Waals surface area contributed by atoms with Crippen LogP contribution in [0.1, 0.15) is 5.69 Å². The van der Waals surface area contributed by atoms with Crippen LogP contribution in [-0.4, -0.2) is 20.9 Å². The third-order valence-corrected chi connectivity index (χ3v) is 1.57. The summed E-state index contributed by atoms with van der Waals surface area (Å²) in [5.41, 5.74) is 6.69. The van der Waals surface area contributed by atoms with Gasteiger partial charge < -0.3 is 10.7 Å². The molecule has 2 rings (SSSR count). The maximum absolute atomic E-state index is 10.4. The zero-order chi connectivity index (χ0) is 9.97. The summed E-state index contributed by atoms with van der Waals surface area (Å²) in [7, 11) is 0. The van der Waals surface area contributed by atoms with Crippen molar-refractivity contribution in [3.63, 3.8) is 0 Å². The minimum Gasteiger partial charge on any atom is -0.359 e. The summed E-state index contributed by atoms with van der Waals surface area (Å²) in [6.45, 7) is 0. The predicted molar refractivity (Wildman–Crippen MR) is 50.0 cm³/mol. The standard InChI is InChI=1S/C9H6N4O/c10-8(14)2-1-6-5-12-9-7(13-6)3-4-11-9/h3-5H,(H2,10,14)(H,11,12). The Hall–Kier alpha value is -2.35. The maximum atomic E-state index is 10.4. The number of aromatic amines is 1. The molecule has 0 aliphatic carbocycles. The van der Waals surface area contributed by atoms with Crippen molar-refractivity contribution in [3.8, 4) is 11.8 Å². The number of carbonyl (C=O) groups excluding carboxylic acids is 1. The zero-order valence-electron chi connectivity index (χ0n) is 7.11. The molecule has 5 heteroatoms. The molecule has 0 radical (unpaired) electrons. The van der Waals surface area contributed by atoms with Crippen LogP contribution in [0.5, 0.6) is 0 Å². The Morgan fingerprint density at radius 3 is 3.21 bits per heavy atom. The molecule has 2 heterocycles. The van der Waals surface area contributed by atoms with Crippen LogP contribution in [0.4, 0.5) is 0 Å². The lowest BCUT2D eigenvalue weighted by atomic mass is 10.4. The van der Waals surface area contributed by atoms with E-state index in [4.69, 9.17) is 5.73 Å². The van der Waals surface area contributed by atoms with Crippen LogP contribution in [0.15, 0.2) is 18.5 Å². The first-order valence-corrected chi connectivity index (χ1v) is 3.87. The molecule has 0 saturated heterocycles. The van der Waals surface area contributed by atoms with Gasteiger partial charge in [0, 0.05) is 12.1 Å². The Morgan fingerprint density at radius 2 is 2.43 bits per heavy atom. The minimum absolute atomic E-state index is 0.427. The Morgan fingerprint density at radius 1 is 1.57 bits per heavy atom. The van der Waals surface area contributed by atoms with Crippen molar-refractivity contribution in [3.05, 3.63) is 24.2 Å². The highest BCUT2D eigenvalue weighted by Gasteiger charge is 1.97. The molecule has 14 heavy (non-hydrogen) atoms. The number of primary amides is 1. The molecule has 0 fully saturated rings. The molecule has 0 aliphatic heterocycles. The zero-order valence-corrected chi connectivity index (χ0v) is 7.11. The Balaban J connectivity index is 2.45. The monoisotopic (exact) mass is 186 g/mol. The highest BCUT2D eigenvalue weighted by atomic mass is 16.1. The molecule has 0 aromatic carbocycles. The molecule has 0 saturated carbocycles. The van der Waals surface area contributed by atoms with Crippen LogP contribution in [0, 0.1) is 11.8 Å². The van der Waals surface area contributed by atoms with Gasteiger partial charge in [-0.3, -0.25) is 4.79 Å². The molecule has 0 spiro atoms. The summed E-state index contributed by atoms with van der Waals surface area (Å²) < 4.78 is 0. The molecule has 5 nitrogen and oxygen atoms in total. The summed E-state index contributed by atoms with van der Waals surface area (Å²) >= 11 is 0. The average Bonchev–Trinajstić information content (AvgIpc) is 2.61. The highest BCUT2D eigenvalue weighted by molar-refractivity contribution is 5.92. The van der Waals surface area contributed by atoms with Gasteiger partial charge in [0.15, 0.2) is 5.65 Å². The van der Waals surface area contributed by atoms with Crippen molar-refractivity contribution < 1.29 is 4.79 Å². The second-order valence-electron chi connectivity index (χ2n) is 2.58. The number of amides is 1. The summed E-state index contributed by atoms with van der Waals surface area (Å²) in [5.74, 6) is 4.03. The van der Waals surface area contributed by atoms with E-state index in [2.05, 4.69) is 26.8 Å². The summed E-state index contributed by atoms with van der Waals surface area (Å²) in [6, 6.07) is 1.78. The van der Waals surface area contributed by atoms with Crippen LogP contribution in [-0.2, 0) is 4.79 Å². The molecule has 1 amide bonds. The van der Waals surface area contributed by atoms with E-state index >= 15 is 0 Å². The lowest BCUT2D eigenvalue weighted by Crippen LogP contribution is -2.06. The lowest BCUT2D eigenvalue weighted by Gasteiger charge is -1.89. The molecule has 0 unspecified atom stereocenters. The van der Waals surface area contributed by atoms with Gasteiger partial charge in [-0.05, 0) is 12.0 Å². The first-order valence-electron chi connectivity index (χ1n) is 3.87. The smallest absolute Gasteiger partial charge is 0.293 e. The maximum Gasteiger partial charge on any atom is 0.293 e. The van der Waals surface area contributed by atoms with E-state index in [0.29, 0.717) is 16.9 Å². The number of nitrogens with zero attached hydrogens (tertiary/aromatic N) is 2. The second kappa shape index (κ2) is 3.18. The van der Waals surface area contributed by atoms with Crippen molar-refractivity contribution >= 4 is 17.1 Å². The number of nitrogens with one attached hydrogen (secondary N) is 1. The van der Waals surface area contributed by atoms with Crippen molar-refractivity contribution in [1.29, 1.82) is 0 Å². The fourth-order valence-corrected chi connectivity index (χ4v) is 1.02. The molecular formula is C9H6N4O. The van der Waals surface area contributed by atoms with Gasteiger partial charge in [-0.1, -0.05) is 0 Å². The second-order valence-corrected chi connectivity index (χ2v) is 2.58. The van der Waals surface area contributed by atoms with Crippen molar-refractivity contribution in [2.45, 2.75) is 0 Å². The van der Waals surface area contributed by atoms with Crippen molar-refractivity contribution in [2.24, 2.45) is 5.73 Å². The van der Waals surface area contributed by atoms with Crippen LogP contribution in [0.3, 0.4) is 0 Å². The molecule has 2 aromatic heterocycles. The lowest BCUT2D eigenvalue weighted by molar-refractivity contribution is -0.112. The Labute approximate surface area is 79.4 Å². The highest BCUT2D eigenvalue weighted by Crippen LogP contribution is 2.05. The van der Waals surface area contributed by atoms with Crippen LogP contribution in [0.25, 0.3) is 11.2 Å². The summed E-state index contributed by atoms with van der Waals surface area (Å²) in [5, 5.41) is 0. The number of aromatic nitrogens is 3. The number of hydrogen-bond donors (Lipinski definition) is 2. The SMILES string of the molecule is NC(=O)C#Cc1cnc2[nH]ccc2n1. The first kappa shape index (κ1) is 8.26. The van der Waals surface area contributed by atoms with Gasteiger partial charge >= 0.3 is 0 Å². The van der Waals surface area contributed by atoms with Crippen LogP contribution < -0.4 is 5.73 Å². The third-order valence-electron chi connectivity index (χ3n) is 1.57. The normalized spacial score (nSPS) is 9.43. The van der Waals surface area contributed by atoms with E-state index in [9.17, 15) is 4.79 Å². The number of H-pyrrole nitrogens is 1. The number of fused-ring (bicyclic) bond motifs is 1. The molecule has 68 valence electrons. The van der Waals surface area contributed by atoms with Gasteiger partial charge in [0.05, 0.1) is 6.20 Å².